The van der Waals surface area contributed by atoms with E-state index in [1.807, 2.05) is 17.5 Å². The number of nitrogens with zero attached hydrogens (tertiary/aromatic N) is 2. The van der Waals surface area contributed by atoms with Crippen molar-refractivity contribution in [3.63, 3.8) is 0 Å². The van der Waals surface area contributed by atoms with Crippen LogP contribution in [0.25, 0.3) is 10.7 Å². The van der Waals surface area contributed by atoms with E-state index in [9.17, 15) is 4.79 Å². The Balaban J connectivity index is 1.86. The minimum absolute atomic E-state index is 0.201. The molecular weight excluding hydrogens is 254 g/mol. The van der Waals surface area contributed by atoms with Gasteiger partial charge in [-0.15, -0.1) is 11.3 Å². The number of carbonyl (C=O) groups excluding carboxylic acids is 1. The van der Waals surface area contributed by atoms with E-state index >= 15 is 0 Å². The molecule has 2 heterocycles. The van der Waals surface area contributed by atoms with Crippen LogP contribution < -0.4 is 5.48 Å². The number of aryl methyl sites for hydroxylation is 1. The van der Waals surface area contributed by atoms with Crippen LogP contribution in [0.1, 0.15) is 19.2 Å². The van der Waals surface area contributed by atoms with Gasteiger partial charge in [0.25, 0.3) is 0 Å². The van der Waals surface area contributed by atoms with Crippen LogP contribution in [0.2, 0.25) is 0 Å². The van der Waals surface area contributed by atoms with Crippen molar-refractivity contribution in [1.82, 2.24) is 15.6 Å². The number of hydrogen-bond donors (Lipinski definition) is 1. The summed E-state index contributed by atoms with van der Waals surface area (Å²) < 4.78 is 5.07. The highest BCUT2D eigenvalue weighted by molar-refractivity contribution is 7.13. The van der Waals surface area contributed by atoms with Gasteiger partial charge in [-0.2, -0.15) is 4.98 Å². The Morgan fingerprint density at radius 3 is 3.22 bits per heavy atom. The quantitative estimate of drug-likeness (QED) is 0.807. The van der Waals surface area contributed by atoms with Gasteiger partial charge in [0.1, 0.15) is 0 Å². The second-order valence-corrected chi connectivity index (χ2v) is 4.39. The Bertz CT molecular complexity index is 495. The molecule has 0 unspecified atom stereocenters. The van der Waals surface area contributed by atoms with Gasteiger partial charge in [-0.25, -0.2) is 5.48 Å². The number of aromatic nitrogens is 2. The lowest BCUT2D eigenvalue weighted by Crippen LogP contribution is -2.23. The number of nitrogens with one attached hydrogen (secondary N) is 1. The highest BCUT2D eigenvalue weighted by Gasteiger charge is 2.11. The van der Waals surface area contributed by atoms with Gasteiger partial charge in [0.15, 0.2) is 0 Å². The zero-order chi connectivity index (χ0) is 12.8. The third-order valence-electron chi connectivity index (χ3n) is 2.11. The van der Waals surface area contributed by atoms with Gasteiger partial charge in [0, 0.05) is 12.8 Å². The number of amides is 1. The zero-order valence-corrected chi connectivity index (χ0v) is 10.7. The van der Waals surface area contributed by atoms with Crippen molar-refractivity contribution in [1.29, 1.82) is 0 Å². The Labute approximate surface area is 108 Å². The SMILES string of the molecule is CCONC(=O)CCc1nc(-c2cccs2)no1. The fourth-order valence-corrected chi connectivity index (χ4v) is 1.94. The molecule has 0 aliphatic carbocycles. The summed E-state index contributed by atoms with van der Waals surface area (Å²) in [7, 11) is 0. The molecule has 1 amide bonds. The van der Waals surface area contributed by atoms with E-state index < -0.39 is 0 Å². The lowest BCUT2D eigenvalue weighted by Gasteiger charge is -2.00. The number of rotatable bonds is 6. The first-order chi connectivity index (χ1) is 8.79. The van der Waals surface area contributed by atoms with Crippen molar-refractivity contribution in [3.05, 3.63) is 23.4 Å². The molecule has 0 aromatic carbocycles. The molecule has 7 heteroatoms. The molecule has 18 heavy (non-hydrogen) atoms. The van der Waals surface area contributed by atoms with E-state index in [-0.39, 0.29) is 12.3 Å². The monoisotopic (exact) mass is 267 g/mol. The van der Waals surface area contributed by atoms with Gasteiger partial charge in [0.2, 0.25) is 17.6 Å². The normalized spacial score (nSPS) is 10.5. The summed E-state index contributed by atoms with van der Waals surface area (Å²) in [5, 5.41) is 5.81. The Morgan fingerprint density at radius 2 is 2.50 bits per heavy atom. The Kier molecular flexibility index (Phi) is 4.43. The lowest BCUT2D eigenvalue weighted by molar-refractivity contribution is -0.133. The van der Waals surface area contributed by atoms with Crippen LogP contribution in [-0.2, 0) is 16.1 Å². The summed E-state index contributed by atoms with van der Waals surface area (Å²) in [5.74, 6) is 0.808. The number of thiophene rings is 1. The van der Waals surface area contributed by atoms with Gasteiger partial charge in [-0.1, -0.05) is 11.2 Å². The molecule has 0 fully saturated rings. The molecule has 0 atom stereocenters. The van der Waals surface area contributed by atoms with Crippen molar-refractivity contribution in [2.75, 3.05) is 6.61 Å². The maximum atomic E-state index is 11.3. The van der Waals surface area contributed by atoms with Crippen molar-refractivity contribution < 1.29 is 14.2 Å². The summed E-state index contributed by atoms with van der Waals surface area (Å²) in [5.41, 5.74) is 2.31. The molecular formula is C11H13N3O3S. The van der Waals surface area contributed by atoms with Crippen LogP contribution in [0.3, 0.4) is 0 Å². The largest absolute Gasteiger partial charge is 0.339 e. The molecule has 0 saturated carbocycles. The number of carbonyl (C=O) groups is 1. The molecule has 0 aliphatic heterocycles. The van der Waals surface area contributed by atoms with E-state index in [1.165, 1.54) is 0 Å². The van der Waals surface area contributed by atoms with Crippen molar-refractivity contribution in [2.45, 2.75) is 19.8 Å². The first kappa shape index (κ1) is 12.7. The van der Waals surface area contributed by atoms with Crippen LogP contribution in [0.5, 0.6) is 0 Å². The minimum atomic E-state index is -0.201. The van der Waals surface area contributed by atoms with E-state index in [1.54, 1.807) is 18.3 Å². The molecule has 2 aromatic heterocycles. The third kappa shape index (κ3) is 3.38. The van der Waals surface area contributed by atoms with Gasteiger partial charge >= 0.3 is 0 Å². The van der Waals surface area contributed by atoms with Gasteiger partial charge in [-0.05, 0) is 18.4 Å². The van der Waals surface area contributed by atoms with Crippen LogP contribution >= 0.6 is 11.3 Å². The molecule has 0 saturated heterocycles. The second-order valence-electron chi connectivity index (χ2n) is 3.45. The smallest absolute Gasteiger partial charge is 0.244 e. The average molecular weight is 267 g/mol. The summed E-state index contributed by atoms with van der Waals surface area (Å²) in [4.78, 5) is 21.2. The molecule has 0 radical (unpaired) electrons. The molecule has 2 aromatic rings. The van der Waals surface area contributed by atoms with Crippen molar-refractivity contribution in [3.8, 4) is 10.7 Å². The summed E-state index contributed by atoms with van der Waals surface area (Å²) in [6.45, 7) is 2.24. The van der Waals surface area contributed by atoms with Crippen molar-refractivity contribution in [2.24, 2.45) is 0 Å². The topological polar surface area (TPSA) is 77.2 Å². The fourth-order valence-electron chi connectivity index (χ4n) is 1.29. The zero-order valence-electron chi connectivity index (χ0n) is 9.88. The Hall–Kier alpha value is -1.73. The van der Waals surface area contributed by atoms with Crippen LogP contribution in [0.4, 0.5) is 0 Å². The van der Waals surface area contributed by atoms with Crippen LogP contribution in [-0.4, -0.2) is 22.7 Å². The van der Waals surface area contributed by atoms with Gasteiger partial charge < -0.3 is 4.52 Å². The van der Waals surface area contributed by atoms with E-state index in [4.69, 9.17) is 9.36 Å². The number of hydroxylamine groups is 1. The summed E-state index contributed by atoms with van der Waals surface area (Å²) in [6.07, 6.45) is 0.656. The molecule has 0 bridgehead atoms. The molecule has 1 N–H and O–H groups in total. The maximum absolute atomic E-state index is 11.3. The highest BCUT2D eigenvalue weighted by Crippen LogP contribution is 2.21. The molecule has 2 rings (SSSR count). The van der Waals surface area contributed by atoms with Crippen LogP contribution in [0, 0.1) is 0 Å². The maximum Gasteiger partial charge on any atom is 0.244 e. The van der Waals surface area contributed by atoms with E-state index in [0.29, 0.717) is 24.7 Å². The lowest BCUT2D eigenvalue weighted by atomic mass is 10.3. The van der Waals surface area contributed by atoms with Crippen molar-refractivity contribution >= 4 is 17.2 Å². The third-order valence-corrected chi connectivity index (χ3v) is 2.97. The molecule has 6 nitrogen and oxygen atoms in total. The minimum Gasteiger partial charge on any atom is -0.339 e. The van der Waals surface area contributed by atoms with E-state index in [0.717, 1.165) is 4.88 Å². The van der Waals surface area contributed by atoms with E-state index in [2.05, 4.69) is 15.6 Å². The second kappa shape index (κ2) is 6.27. The molecule has 0 aliphatic rings. The standard InChI is InChI=1S/C11H13N3O3S/c1-2-16-13-9(15)5-6-10-12-11(14-17-10)8-4-3-7-18-8/h3-4,7H,2,5-6H2,1H3,(H,13,15). The van der Waals surface area contributed by atoms with Gasteiger partial charge in [-0.3, -0.25) is 9.63 Å². The Morgan fingerprint density at radius 1 is 1.61 bits per heavy atom. The average Bonchev–Trinajstić information content (AvgIpc) is 3.03. The first-order valence-electron chi connectivity index (χ1n) is 5.56. The first-order valence-corrected chi connectivity index (χ1v) is 6.44. The molecule has 0 spiro atoms. The predicted octanol–water partition coefficient (Wildman–Crippen LogP) is 1.80. The predicted molar refractivity (Wildman–Crippen MR) is 65.7 cm³/mol. The highest BCUT2D eigenvalue weighted by atomic mass is 32.1. The summed E-state index contributed by atoms with van der Waals surface area (Å²) >= 11 is 1.54. The van der Waals surface area contributed by atoms with Crippen LogP contribution in [0.15, 0.2) is 22.0 Å². The number of hydrogen-bond acceptors (Lipinski definition) is 6. The van der Waals surface area contributed by atoms with Gasteiger partial charge in [0.05, 0.1) is 11.5 Å². The summed E-state index contributed by atoms with van der Waals surface area (Å²) in [6, 6.07) is 3.84. The fraction of sp³-hybridized carbons (Fsp3) is 0.364. The molecule has 96 valence electrons.